The second kappa shape index (κ2) is 11.1. The van der Waals surface area contributed by atoms with E-state index >= 15 is 0 Å². The van der Waals surface area contributed by atoms with Crippen molar-refractivity contribution in [1.29, 1.82) is 0 Å². The number of fused-ring (bicyclic) bond motifs is 10. The fourth-order valence-electron chi connectivity index (χ4n) is 6.35. The average Bonchev–Trinajstić information content (AvgIpc) is 3.59. The largest absolute Gasteiger partial charge is 4.00 e. The summed E-state index contributed by atoms with van der Waals surface area (Å²) in [5, 5.41) is 2.80. The van der Waals surface area contributed by atoms with Gasteiger partial charge in [0, 0.05) is 35.9 Å². The summed E-state index contributed by atoms with van der Waals surface area (Å²) in [7, 11) is 4.33. The van der Waals surface area contributed by atoms with Gasteiger partial charge in [0.25, 0.3) is 0 Å². The number of benzene rings is 4. The fourth-order valence-corrected chi connectivity index (χ4v) is 6.35. The van der Waals surface area contributed by atoms with E-state index in [4.69, 9.17) is 0 Å². The maximum Gasteiger partial charge on any atom is 4.00 e. The van der Waals surface area contributed by atoms with E-state index in [-0.39, 0.29) is 51.0 Å². The number of hydrogen-bond donors (Lipinski definition) is 0. The van der Waals surface area contributed by atoms with Gasteiger partial charge in [0.1, 0.15) is 0 Å². The Bertz CT molecular complexity index is 1710. The SMILES string of the molecule is Cc1ccc2c(c1)c1c(n2C)-c2ccc[c-]c2C1.Cc1ccc2c(c1)c1c(n2C)-c2ccc[c-]c2C1.[Cl-].[Cl-].[Zr+4]. The summed E-state index contributed by atoms with van der Waals surface area (Å²) in [6, 6.07) is 32.8. The first-order chi connectivity index (χ1) is 17.5. The number of aryl methyl sites for hydroxylation is 4. The Kier molecular flexibility index (Phi) is 8.39. The molecule has 2 aromatic heterocycles. The van der Waals surface area contributed by atoms with Crippen LogP contribution in [0.2, 0.25) is 0 Å². The number of rotatable bonds is 0. The molecule has 2 nitrogen and oxygen atoms in total. The predicted octanol–water partition coefficient (Wildman–Crippen LogP) is 1.72. The van der Waals surface area contributed by atoms with Crippen LogP contribution in [0.1, 0.15) is 33.4 Å². The molecule has 8 rings (SSSR count). The first kappa shape index (κ1) is 29.4. The summed E-state index contributed by atoms with van der Waals surface area (Å²) < 4.78 is 4.65. The number of aromatic nitrogens is 2. The third-order valence-corrected chi connectivity index (χ3v) is 8.02. The number of nitrogens with zero attached hydrogens (tertiary/aromatic N) is 2. The van der Waals surface area contributed by atoms with E-state index in [1.807, 2.05) is 12.1 Å². The van der Waals surface area contributed by atoms with Gasteiger partial charge in [0.15, 0.2) is 0 Å². The van der Waals surface area contributed by atoms with Gasteiger partial charge in [-0.25, -0.2) is 0 Å². The molecule has 0 bridgehead atoms. The van der Waals surface area contributed by atoms with Crippen LogP contribution in [0, 0.1) is 26.0 Å². The summed E-state index contributed by atoms with van der Waals surface area (Å²) >= 11 is 0. The molecule has 2 heterocycles. The molecule has 0 N–H and O–H groups in total. The summed E-state index contributed by atoms with van der Waals surface area (Å²) in [4.78, 5) is 0. The molecule has 192 valence electrons. The molecule has 2 aliphatic carbocycles. The van der Waals surface area contributed by atoms with Crippen LogP contribution in [0.15, 0.2) is 72.8 Å². The topological polar surface area (TPSA) is 9.86 Å². The van der Waals surface area contributed by atoms with Crippen molar-refractivity contribution in [3.8, 4) is 22.5 Å². The molecule has 0 saturated heterocycles. The zero-order valence-corrected chi connectivity index (χ0v) is 26.5. The van der Waals surface area contributed by atoms with Gasteiger partial charge < -0.3 is 33.9 Å². The van der Waals surface area contributed by atoms with E-state index in [1.54, 1.807) is 0 Å². The van der Waals surface area contributed by atoms with Crippen LogP contribution in [0.3, 0.4) is 0 Å². The fraction of sp³-hybridized carbons (Fsp3) is 0.176. The van der Waals surface area contributed by atoms with E-state index in [0.717, 1.165) is 12.8 Å². The first-order valence-electron chi connectivity index (χ1n) is 12.7. The third-order valence-electron chi connectivity index (χ3n) is 8.02. The van der Waals surface area contributed by atoms with Gasteiger partial charge >= 0.3 is 26.2 Å². The van der Waals surface area contributed by atoms with E-state index in [0.29, 0.717) is 0 Å². The Balaban J connectivity index is 0.000000168. The minimum Gasteiger partial charge on any atom is -1.00 e. The van der Waals surface area contributed by atoms with Crippen LogP contribution in [-0.4, -0.2) is 9.13 Å². The number of hydrogen-bond acceptors (Lipinski definition) is 0. The van der Waals surface area contributed by atoms with Gasteiger partial charge in [0.05, 0.1) is 0 Å². The molecule has 0 atom stereocenters. The minimum absolute atomic E-state index is 0. The van der Waals surface area contributed by atoms with E-state index < -0.39 is 0 Å². The molecule has 0 aliphatic heterocycles. The van der Waals surface area contributed by atoms with Gasteiger partial charge in [0.2, 0.25) is 0 Å². The van der Waals surface area contributed by atoms with Crippen molar-refractivity contribution < 1.29 is 51.0 Å². The average molecular weight is 627 g/mol. The second-order valence-corrected chi connectivity index (χ2v) is 10.3. The van der Waals surface area contributed by atoms with Gasteiger partial charge in [-0.3, -0.25) is 0 Å². The molecule has 5 heteroatoms. The summed E-state index contributed by atoms with van der Waals surface area (Å²) in [5.74, 6) is 0. The van der Waals surface area contributed by atoms with Crippen molar-refractivity contribution in [2.45, 2.75) is 26.7 Å². The molecule has 39 heavy (non-hydrogen) atoms. The Labute approximate surface area is 262 Å². The van der Waals surface area contributed by atoms with Crippen molar-refractivity contribution in [2.24, 2.45) is 14.1 Å². The molecule has 0 spiro atoms. The molecule has 6 aromatic rings. The van der Waals surface area contributed by atoms with E-state index in [2.05, 4.69) is 110 Å². The van der Waals surface area contributed by atoms with Crippen molar-refractivity contribution in [2.75, 3.05) is 0 Å². The first-order valence-corrected chi connectivity index (χ1v) is 12.7. The molecule has 0 fully saturated rings. The van der Waals surface area contributed by atoms with Crippen molar-refractivity contribution in [3.63, 3.8) is 0 Å². The molecule has 0 radical (unpaired) electrons. The van der Waals surface area contributed by atoms with Gasteiger partial charge in [-0.2, -0.15) is 48.5 Å². The maximum atomic E-state index is 3.38. The minimum atomic E-state index is 0. The second-order valence-electron chi connectivity index (χ2n) is 10.3. The number of halogens is 2. The molecule has 2 aliphatic rings. The van der Waals surface area contributed by atoms with Gasteiger partial charge in [-0.1, -0.05) is 23.3 Å². The normalized spacial score (nSPS) is 11.8. The quantitative estimate of drug-likeness (QED) is 0.227. The molecule has 4 aromatic carbocycles. The van der Waals surface area contributed by atoms with Crippen molar-refractivity contribution >= 4 is 21.8 Å². The maximum absolute atomic E-state index is 3.38. The summed E-state index contributed by atoms with van der Waals surface area (Å²) in [5.41, 5.74) is 16.4. The van der Waals surface area contributed by atoms with Gasteiger partial charge in [-0.05, 0) is 73.5 Å². The predicted molar refractivity (Wildman–Crippen MR) is 149 cm³/mol. The van der Waals surface area contributed by atoms with Crippen LogP contribution in [-0.2, 0) is 53.1 Å². The molecule has 0 amide bonds. The molecule has 0 saturated carbocycles. The Morgan fingerprint density at radius 1 is 0.615 bits per heavy atom. The monoisotopic (exact) mass is 624 g/mol. The summed E-state index contributed by atoms with van der Waals surface area (Å²) in [6.07, 6.45) is 2.04. The van der Waals surface area contributed by atoms with Crippen LogP contribution in [0.25, 0.3) is 44.3 Å². The van der Waals surface area contributed by atoms with E-state index in [9.17, 15) is 0 Å². The van der Waals surface area contributed by atoms with E-state index in [1.165, 1.54) is 77.7 Å². The van der Waals surface area contributed by atoms with Crippen LogP contribution < -0.4 is 24.8 Å². The Morgan fingerprint density at radius 3 is 1.44 bits per heavy atom. The zero-order valence-electron chi connectivity index (χ0n) is 22.5. The van der Waals surface area contributed by atoms with Crippen LogP contribution in [0.4, 0.5) is 0 Å². The van der Waals surface area contributed by atoms with Crippen LogP contribution in [0.5, 0.6) is 0 Å². The standard InChI is InChI=1S/2C17H14N.2ClH.Zr/c2*1-11-7-8-16-14(9-11)15-10-12-5-3-4-6-13(12)17(15)18(16)2;;;/h2*3-4,6-9H,10H2,1-2H3;2*1H;/q2*-1;;;+4/p-2. The van der Waals surface area contributed by atoms with Gasteiger partial charge in [-0.15, -0.1) is 22.3 Å². The molecular formula is C34H28Cl2N2Zr. The van der Waals surface area contributed by atoms with Crippen LogP contribution >= 0.6 is 0 Å². The summed E-state index contributed by atoms with van der Waals surface area (Å²) in [6.45, 7) is 4.32. The Morgan fingerprint density at radius 2 is 1.03 bits per heavy atom. The third kappa shape index (κ3) is 4.53. The Hall–Kier alpha value is -2.58. The van der Waals surface area contributed by atoms with Crippen molar-refractivity contribution in [3.05, 3.63) is 118 Å². The zero-order chi connectivity index (χ0) is 24.6. The molecule has 0 unspecified atom stereocenters. The molecular weight excluding hydrogens is 599 g/mol. The van der Waals surface area contributed by atoms with Crippen molar-refractivity contribution in [1.82, 2.24) is 9.13 Å². The smallest absolute Gasteiger partial charge is 1.00 e.